The summed E-state index contributed by atoms with van der Waals surface area (Å²) in [6.45, 7) is 6.99. The third kappa shape index (κ3) is 6.09. The molecule has 0 saturated carbocycles. The van der Waals surface area contributed by atoms with Crippen LogP contribution in [0.25, 0.3) is 0 Å². The molecule has 1 nitrogen and oxygen atoms in total. The van der Waals surface area contributed by atoms with Crippen molar-refractivity contribution in [2.75, 3.05) is 6.61 Å². The third-order valence-electron chi connectivity index (χ3n) is 2.87. The van der Waals surface area contributed by atoms with E-state index >= 15 is 0 Å². The Kier molecular flexibility index (Phi) is 7.35. The molecule has 80 valence electrons. The van der Waals surface area contributed by atoms with Crippen LogP contribution in [-0.4, -0.2) is 11.7 Å². The molecule has 0 aliphatic heterocycles. The van der Waals surface area contributed by atoms with Gasteiger partial charge >= 0.3 is 0 Å². The van der Waals surface area contributed by atoms with Gasteiger partial charge in [-0.05, 0) is 18.3 Å². The van der Waals surface area contributed by atoms with Gasteiger partial charge in [-0.25, -0.2) is 0 Å². The highest BCUT2D eigenvalue weighted by atomic mass is 16.3. The average Bonchev–Trinajstić information content (AvgIpc) is 2.13. The summed E-state index contributed by atoms with van der Waals surface area (Å²) in [5.74, 6) is 0. The topological polar surface area (TPSA) is 20.2 Å². The summed E-state index contributed by atoms with van der Waals surface area (Å²) in [6, 6.07) is 0. The molecule has 0 aromatic carbocycles. The molecular weight excluding hydrogens is 160 g/mol. The SMILES string of the molecule is CCCCCCC(C)(CO)CCC. The maximum Gasteiger partial charge on any atom is 0.0484 e. The lowest BCUT2D eigenvalue weighted by atomic mass is 9.81. The van der Waals surface area contributed by atoms with Crippen molar-refractivity contribution >= 4 is 0 Å². The summed E-state index contributed by atoms with van der Waals surface area (Å²) >= 11 is 0. The summed E-state index contributed by atoms with van der Waals surface area (Å²) in [5, 5.41) is 9.27. The van der Waals surface area contributed by atoms with Gasteiger partial charge in [0.2, 0.25) is 0 Å². The second kappa shape index (κ2) is 7.37. The molecule has 0 aromatic heterocycles. The highest BCUT2D eigenvalue weighted by Gasteiger charge is 2.21. The van der Waals surface area contributed by atoms with Gasteiger partial charge in [-0.15, -0.1) is 0 Å². The fourth-order valence-electron chi connectivity index (χ4n) is 1.87. The molecule has 0 radical (unpaired) electrons. The first-order chi connectivity index (χ1) is 6.18. The molecule has 0 saturated heterocycles. The number of rotatable bonds is 8. The molecule has 0 spiro atoms. The molecule has 0 rings (SSSR count). The molecule has 13 heavy (non-hydrogen) atoms. The molecule has 0 aromatic rings. The molecule has 1 N–H and O–H groups in total. The Bertz CT molecular complexity index is 112. The monoisotopic (exact) mass is 186 g/mol. The minimum Gasteiger partial charge on any atom is -0.396 e. The first-order valence-corrected chi connectivity index (χ1v) is 5.79. The van der Waals surface area contributed by atoms with Crippen LogP contribution in [-0.2, 0) is 0 Å². The van der Waals surface area contributed by atoms with E-state index in [1.54, 1.807) is 0 Å². The van der Waals surface area contributed by atoms with Gasteiger partial charge in [0, 0.05) is 6.61 Å². The molecule has 1 atom stereocenters. The van der Waals surface area contributed by atoms with Crippen LogP contribution < -0.4 is 0 Å². The van der Waals surface area contributed by atoms with Gasteiger partial charge in [-0.2, -0.15) is 0 Å². The Morgan fingerprint density at radius 2 is 1.62 bits per heavy atom. The maximum atomic E-state index is 9.27. The van der Waals surface area contributed by atoms with Gasteiger partial charge in [-0.3, -0.25) is 0 Å². The molecule has 0 aliphatic rings. The summed E-state index contributed by atoms with van der Waals surface area (Å²) in [7, 11) is 0. The lowest BCUT2D eigenvalue weighted by Gasteiger charge is -2.26. The number of aliphatic hydroxyl groups excluding tert-OH is 1. The lowest BCUT2D eigenvalue weighted by molar-refractivity contribution is 0.119. The van der Waals surface area contributed by atoms with E-state index in [1.165, 1.54) is 38.5 Å². The average molecular weight is 186 g/mol. The maximum absolute atomic E-state index is 9.27. The Hall–Kier alpha value is -0.0400. The van der Waals surface area contributed by atoms with Crippen LogP contribution in [0.3, 0.4) is 0 Å². The first kappa shape index (κ1) is 13.0. The summed E-state index contributed by atoms with van der Waals surface area (Å²) in [6.07, 6.45) is 8.79. The van der Waals surface area contributed by atoms with Gasteiger partial charge in [-0.1, -0.05) is 52.9 Å². The predicted molar refractivity (Wildman–Crippen MR) is 58.9 cm³/mol. The van der Waals surface area contributed by atoms with Crippen molar-refractivity contribution in [2.24, 2.45) is 5.41 Å². The molecular formula is C12H26O. The van der Waals surface area contributed by atoms with Crippen LogP contribution in [0.5, 0.6) is 0 Å². The van der Waals surface area contributed by atoms with Crippen molar-refractivity contribution in [1.82, 2.24) is 0 Å². The minimum absolute atomic E-state index is 0.197. The number of unbranched alkanes of at least 4 members (excludes halogenated alkanes) is 3. The summed E-state index contributed by atoms with van der Waals surface area (Å²) in [4.78, 5) is 0. The van der Waals surface area contributed by atoms with Crippen molar-refractivity contribution in [1.29, 1.82) is 0 Å². The van der Waals surface area contributed by atoms with Crippen molar-refractivity contribution in [3.05, 3.63) is 0 Å². The van der Waals surface area contributed by atoms with Crippen molar-refractivity contribution < 1.29 is 5.11 Å². The second-order valence-electron chi connectivity index (χ2n) is 4.53. The van der Waals surface area contributed by atoms with Crippen molar-refractivity contribution in [3.63, 3.8) is 0 Å². The van der Waals surface area contributed by atoms with Gasteiger partial charge in [0.05, 0.1) is 0 Å². The molecule has 1 heteroatoms. The van der Waals surface area contributed by atoms with Gasteiger partial charge in [0.15, 0.2) is 0 Å². The minimum atomic E-state index is 0.197. The molecule has 0 heterocycles. The van der Waals surface area contributed by atoms with Crippen LogP contribution in [0.2, 0.25) is 0 Å². The highest BCUT2D eigenvalue weighted by molar-refractivity contribution is 4.72. The number of aliphatic hydroxyl groups is 1. The quantitative estimate of drug-likeness (QED) is 0.572. The van der Waals surface area contributed by atoms with Crippen LogP contribution >= 0.6 is 0 Å². The normalized spacial score (nSPS) is 15.7. The van der Waals surface area contributed by atoms with E-state index in [4.69, 9.17) is 0 Å². The number of hydrogen-bond acceptors (Lipinski definition) is 1. The lowest BCUT2D eigenvalue weighted by Crippen LogP contribution is -2.20. The molecule has 0 fully saturated rings. The van der Waals surface area contributed by atoms with Crippen LogP contribution in [0, 0.1) is 5.41 Å². The zero-order chi connectivity index (χ0) is 10.2. The molecule has 0 amide bonds. The van der Waals surface area contributed by atoms with Gasteiger partial charge in [0.1, 0.15) is 0 Å². The van der Waals surface area contributed by atoms with E-state index in [-0.39, 0.29) is 5.41 Å². The van der Waals surface area contributed by atoms with E-state index in [2.05, 4.69) is 20.8 Å². The van der Waals surface area contributed by atoms with Crippen molar-refractivity contribution in [2.45, 2.75) is 65.7 Å². The zero-order valence-electron chi connectivity index (χ0n) is 9.60. The van der Waals surface area contributed by atoms with E-state index in [9.17, 15) is 5.11 Å². The number of hydrogen-bond donors (Lipinski definition) is 1. The van der Waals surface area contributed by atoms with E-state index in [0.717, 1.165) is 6.42 Å². The Morgan fingerprint density at radius 3 is 2.08 bits per heavy atom. The Morgan fingerprint density at radius 1 is 0.923 bits per heavy atom. The fourth-order valence-corrected chi connectivity index (χ4v) is 1.87. The second-order valence-corrected chi connectivity index (χ2v) is 4.53. The third-order valence-corrected chi connectivity index (χ3v) is 2.87. The standard InChI is InChI=1S/C12H26O/c1-4-6-7-8-10-12(3,11-13)9-5-2/h13H,4-11H2,1-3H3. The van der Waals surface area contributed by atoms with E-state index in [0.29, 0.717) is 6.61 Å². The van der Waals surface area contributed by atoms with Crippen molar-refractivity contribution in [3.8, 4) is 0 Å². The first-order valence-electron chi connectivity index (χ1n) is 5.79. The van der Waals surface area contributed by atoms with Gasteiger partial charge < -0.3 is 5.11 Å². The van der Waals surface area contributed by atoms with Crippen LogP contribution in [0.4, 0.5) is 0 Å². The fraction of sp³-hybridized carbons (Fsp3) is 1.00. The molecule has 0 bridgehead atoms. The summed E-state index contributed by atoms with van der Waals surface area (Å²) in [5.41, 5.74) is 0.197. The van der Waals surface area contributed by atoms with Crippen LogP contribution in [0.1, 0.15) is 65.7 Å². The zero-order valence-corrected chi connectivity index (χ0v) is 9.60. The molecule has 1 unspecified atom stereocenters. The summed E-state index contributed by atoms with van der Waals surface area (Å²) < 4.78 is 0. The van der Waals surface area contributed by atoms with E-state index < -0.39 is 0 Å². The molecule has 0 aliphatic carbocycles. The van der Waals surface area contributed by atoms with E-state index in [1.807, 2.05) is 0 Å². The van der Waals surface area contributed by atoms with Crippen LogP contribution in [0.15, 0.2) is 0 Å². The van der Waals surface area contributed by atoms with Gasteiger partial charge in [0.25, 0.3) is 0 Å². The highest BCUT2D eigenvalue weighted by Crippen LogP contribution is 2.29. The predicted octanol–water partition coefficient (Wildman–Crippen LogP) is 3.76. The smallest absolute Gasteiger partial charge is 0.0484 e. The Labute approximate surface area is 83.5 Å². The Balaban J connectivity index is 3.57. The largest absolute Gasteiger partial charge is 0.396 e.